The van der Waals surface area contributed by atoms with Crippen molar-refractivity contribution in [2.75, 3.05) is 19.7 Å². The standard InChI is InChI=1S/C17H22N4O3/c1-2-24-17(23)16-15(18-20-19-16)12-6-7-14(22)13(10-12)11-21-8-4-3-5-9-21/h6-7,10,22H,2-5,8-9,11H2,1H3,(H,18,19,20). The lowest BCUT2D eigenvalue weighted by Gasteiger charge is -2.26. The first-order valence-corrected chi connectivity index (χ1v) is 8.31. The number of rotatable bonds is 5. The summed E-state index contributed by atoms with van der Waals surface area (Å²) < 4.78 is 5.00. The number of H-pyrrole nitrogens is 1. The molecule has 0 radical (unpaired) electrons. The maximum atomic E-state index is 12.0. The van der Waals surface area contributed by atoms with E-state index in [1.54, 1.807) is 19.1 Å². The van der Waals surface area contributed by atoms with Crippen LogP contribution in [0, 0.1) is 0 Å². The number of benzene rings is 1. The number of carbonyl (C=O) groups excluding carboxylic acids is 1. The third-order valence-electron chi connectivity index (χ3n) is 4.21. The van der Waals surface area contributed by atoms with Gasteiger partial charge in [-0.15, -0.1) is 5.10 Å². The van der Waals surface area contributed by atoms with Gasteiger partial charge in [0.25, 0.3) is 0 Å². The predicted octanol–water partition coefficient (Wildman–Crippen LogP) is 2.34. The fourth-order valence-electron chi connectivity index (χ4n) is 2.99. The summed E-state index contributed by atoms with van der Waals surface area (Å²) in [6.45, 7) is 4.80. The molecule has 0 unspecified atom stereocenters. The van der Waals surface area contributed by atoms with Crippen LogP contribution in [0.15, 0.2) is 18.2 Å². The summed E-state index contributed by atoms with van der Waals surface area (Å²) >= 11 is 0. The molecule has 7 heteroatoms. The monoisotopic (exact) mass is 330 g/mol. The van der Waals surface area contributed by atoms with E-state index in [-0.39, 0.29) is 18.1 Å². The number of phenols is 1. The van der Waals surface area contributed by atoms with Crippen LogP contribution < -0.4 is 0 Å². The molecule has 1 aliphatic rings. The van der Waals surface area contributed by atoms with Gasteiger partial charge in [0.1, 0.15) is 11.4 Å². The molecule has 3 rings (SSSR count). The quantitative estimate of drug-likeness (QED) is 0.818. The molecule has 0 atom stereocenters. The van der Waals surface area contributed by atoms with Gasteiger partial charge in [-0.3, -0.25) is 4.90 Å². The normalized spacial score (nSPS) is 15.4. The first-order chi connectivity index (χ1) is 11.7. The molecule has 0 amide bonds. The molecular weight excluding hydrogens is 308 g/mol. The number of esters is 1. The zero-order valence-corrected chi connectivity index (χ0v) is 13.8. The van der Waals surface area contributed by atoms with E-state index in [0.717, 1.165) is 24.2 Å². The molecule has 1 aromatic carbocycles. The lowest BCUT2D eigenvalue weighted by molar-refractivity contribution is 0.0520. The first kappa shape index (κ1) is 16.4. The van der Waals surface area contributed by atoms with Crippen molar-refractivity contribution in [3.8, 4) is 17.0 Å². The number of nitrogens with zero attached hydrogens (tertiary/aromatic N) is 3. The Morgan fingerprint density at radius 1 is 1.29 bits per heavy atom. The van der Waals surface area contributed by atoms with Gasteiger partial charge < -0.3 is 9.84 Å². The molecule has 2 heterocycles. The molecule has 0 aliphatic carbocycles. The minimum absolute atomic E-state index is 0.159. The van der Waals surface area contributed by atoms with Gasteiger partial charge in [-0.25, -0.2) is 4.79 Å². The highest BCUT2D eigenvalue weighted by molar-refractivity contribution is 5.93. The van der Waals surface area contributed by atoms with Gasteiger partial charge in [0.15, 0.2) is 5.69 Å². The molecule has 24 heavy (non-hydrogen) atoms. The van der Waals surface area contributed by atoms with Crippen molar-refractivity contribution in [1.29, 1.82) is 0 Å². The van der Waals surface area contributed by atoms with E-state index in [0.29, 0.717) is 12.2 Å². The Balaban J connectivity index is 1.86. The van der Waals surface area contributed by atoms with Crippen LogP contribution in [-0.4, -0.2) is 51.1 Å². The molecule has 0 bridgehead atoms. The zero-order valence-electron chi connectivity index (χ0n) is 13.8. The summed E-state index contributed by atoms with van der Waals surface area (Å²) in [6, 6.07) is 5.23. The van der Waals surface area contributed by atoms with Crippen molar-refractivity contribution in [1.82, 2.24) is 20.3 Å². The Morgan fingerprint density at radius 3 is 2.83 bits per heavy atom. The fraction of sp³-hybridized carbons (Fsp3) is 0.471. The van der Waals surface area contributed by atoms with Gasteiger partial charge in [-0.1, -0.05) is 6.42 Å². The molecule has 2 aromatic rings. The van der Waals surface area contributed by atoms with Gasteiger partial charge in [0.2, 0.25) is 0 Å². The highest BCUT2D eigenvalue weighted by atomic mass is 16.5. The minimum atomic E-state index is -0.507. The van der Waals surface area contributed by atoms with Crippen LogP contribution in [0.25, 0.3) is 11.3 Å². The lowest BCUT2D eigenvalue weighted by atomic mass is 10.0. The van der Waals surface area contributed by atoms with Crippen molar-refractivity contribution < 1.29 is 14.6 Å². The minimum Gasteiger partial charge on any atom is -0.508 e. The molecular formula is C17H22N4O3. The third-order valence-corrected chi connectivity index (χ3v) is 4.21. The van der Waals surface area contributed by atoms with Crippen LogP contribution in [-0.2, 0) is 11.3 Å². The summed E-state index contributed by atoms with van der Waals surface area (Å²) in [5, 5.41) is 20.6. The number of likely N-dealkylation sites (tertiary alicyclic amines) is 1. The number of aromatic amines is 1. The van der Waals surface area contributed by atoms with Gasteiger partial charge in [-0.05, 0) is 51.1 Å². The second-order valence-electron chi connectivity index (χ2n) is 5.92. The van der Waals surface area contributed by atoms with Gasteiger partial charge in [0, 0.05) is 17.7 Å². The van der Waals surface area contributed by atoms with E-state index in [9.17, 15) is 9.90 Å². The van der Waals surface area contributed by atoms with Gasteiger partial charge in [-0.2, -0.15) is 10.3 Å². The van der Waals surface area contributed by atoms with Crippen molar-refractivity contribution in [3.63, 3.8) is 0 Å². The molecule has 1 fully saturated rings. The second-order valence-corrected chi connectivity index (χ2v) is 5.92. The van der Waals surface area contributed by atoms with Crippen LogP contribution >= 0.6 is 0 Å². The summed E-state index contributed by atoms with van der Waals surface area (Å²) in [5.74, 6) is -0.252. The van der Waals surface area contributed by atoms with Crippen molar-refractivity contribution in [2.45, 2.75) is 32.7 Å². The summed E-state index contributed by atoms with van der Waals surface area (Å²) in [7, 11) is 0. The third kappa shape index (κ3) is 3.56. The van der Waals surface area contributed by atoms with Crippen LogP contribution in [0.5, 0.6) is 5.75 Å². The first-order valence-electron chi connectivity index (χ1n) is 8.31. The number of ether oxygens (including phenoxy) is 1. The van der Waals surface area contributed by atoms with Crippen molar-refractivity contribution in [2.24, 2.45) is 0 Å². The molecule has 1 aromatic heterocycles. The largest absolute Gasteiger partial charge is 0.508 e. The zero-order chi connectivity index (χ0) is 16.9. The highest BCUT2D eigenvalue weighted by Gasteiger charge is 2.20. The topological polar surface area (TPSA) is 91.3 Å². The van der Waals surface area contributed by atoms with Crippen LogP contribution in [0.2, 0.25) is 0 Å². The molecule has 7 nitrogen and oxygen atoms in total. The Kier molecular flexibility index (Phi) is 5.10. The Morgan fingerprint density at radius 2 is 2.08 bits per heavy atom. The number of nitrogens with one attached hydrogen (secondary N) is 1. The molecule has 2 N–H and O–H groups in total. The van der Waals surface area contributed by atoms with E-state index in [1.165, 1.54) is 19.3 Å². The number of carbonyl (C=O) groups is 1. The van der Waals surface area contributed by atoms with Crippen LogP contribution in [0.4, 0.5) is 0 Å². The van der Waals surface area contributed by atoms with E-state index < -0.39 is 5.97 Å². The fourth-order valence-corrected chi connectivity index (χ4v) is 2.99. The molecule has 0 spiro atoms. The summed E-state index contributed by atoms with van der Waals surface area (Å²) in [6.07, 6.45) is 3.65. The predicted molar refractivity (Wildman–Crippen MR) is 88.6 cm³/mol. The lowest BCUT2D eigenvalue weighted by Crippen LogP contribution is -2.29. The number of hydrogen-bond acceptors (Lipinski definition) is 6. The van der Waals surface area contributed by atoms with Crippen molar-refractivity contribution >= 4 is 5.97 Å². The highest BCUT2D eigenvalue weighted by Crippen LogP contribution is 2.28. The Bertz CT molecular complexity index is 708. The van der Waals surface area contributed by atoms with Crippen LogP contribution in [0.1, 0.15) is 42.2 Å². The average Bonchev–Trinajstić information content (AvgIpc) is 3.08. The molecule has 1 saturated heterocycles. The number of phenolic OH excluding ortho intramolecular Hbond substituents is 1. The SMILES string of the molecule is CCOC(=O)c1n[nH]nc1-c1ccc(O)c(CN2CCCCC2)c1. The van der Waals surface area contributed by atoms with E-state index >= 15 is 0 Å². The number of piperidine rings is 1. The van der Waals surface area contributed by atoms with Crippen molar-refractivity contribution in [3.05, 3.63) is 29.5 Å². The summed E-state index contributed by atoms with van der Waals surface area (Å²) in [4.78, 5) is 14.3. The second kappa shape index (κ2) is 7.44. The Labute approximate surface area is 140 Å². The van der Waals surface area contributed by atoms with E-state index in [1.807, 2.05) is 6.07 Å². The number of hydrogen-bond donors (Lipinski definition) is 2. The maximum absolute atomic E-state index is 12.0. The molecule has 0 saturated carbocycles. The van der Waals surface area contributed by atoms with Gasteiger partial charge in [0.05, 0.1) is 6.61 Å². The van der Waals surface area contributed by atoms with E-state index in [2.05, 4.69) is 20.3 Å². The average molecular weight is 330 g/mol. The maximum Gasteiger partial charge on any atom is 0.361 e. The van der Waals surface area contributed by atoms with Crippen LogP contribution in [0.3, 0.4) is 0 Å². The Hall–Kier alpha value is -2.41. The number of aromatic hydroxyl groups is 1. The molecule has 1 aliphatic heterocycles. The molecule has 128 valence electrons. The smallest absolute Gasteiger partial charge is 0.361 e. The summed E-state index contributed by atoms with van der Waals surface area (Å²) in [5.41, 5.74) is 2.16. The van der Waals surface area contributed by atoms with Gasteiger partial charge >= 0.3 is 5.97 Å². The number of aromatic nitrogens is 3. The van der Waals surface area contributed by atoms with E-state index in [4.69, 9.17) is 4.74 Å².